The van der Waals surface area contributed by atoms with Gasteiger partial charge in [0.05, 0.1) is 7.11 Å². The van der Waals surface area contributed by atoms with Crippen LogP contribution in [0.1, 0.15) is 0 Å². The van der Waals surface area contributed by atoms with Crippen LogP contribution in [0, 0.1) is 0 Å². The molecule has 0 aliphatic heterocycles. The highest BCUT2D eigenvalue weighted by atomic mass is 35.5. The molecule has 1 heterocycles. The van der Waals surface area contributed by atoms with E-state index in [2.05, 4.69) is 4.98 Å². The normalized spacial score (nSPS) is 9.40. The Balaban J connectivity index is 3.07. The van der Waals surface area contributed by atoms with Gasteiger partial charge in [-0.25, -0.2) is 4.98 Å². The van der Waals surface area contributed by atoms with E-state index in [0.29, 0.717) is 16.7 Å². The molecule has 1 aromatic heterocycles. The minimum absolute atomic E-state index is 0.294. The van der Waals surface area contributed by atoms with Gasteiger partial charge >= 0.3 is 0 Å². The number of hydrogen-bond acceptors (Lipinski definition) is 3. The van der Waals surface area contributed by atoms with Crippen molar-refractivity contribution in [3.05, 3.63) is 17.3 Å². The zero-order valence-electron chi connectivity index (χ0n) is 5.47. The molecule has 0 aliphatic carbocycles. The fraction of sp³-hybridized carbons (Fsp3) is 0.167. The Labute approximate surface area is 63.8 Å². The number of anilines is 1. The second-order valence-electron chi connectivity index (χ2n) is 1.73. The minimum Gasteiger partial charge on any atom is -0.494 e. The van der Waals surface area contributed by atoms with Crippen molar-refractivity contribution < 1.29 is 4.74 Å². The predicted molar refractivity (Wildman–Crippen MR) is 40.2 cm³/mol. The van der Waals surface area contributed by atoms with Crippen LogP contribution >= 0.6 is 11.6 Å². The number of nitrogens with zero attached hydrogens (tertiary/aromatic N) is 1. The van der Waals surface area contributed by atoms with Crippen LogP contribution in [0.25, 0.3) is 0 Å². The average Bonchev–Trinajstić information content (AvgIpc) is 1.88. The lowest BCUT2D eigenvalue weighted by atomic mass is 10.4. The maximum atomic E-state index is 5.61. The molecule has 54 valence electrons. The fourth-order valence-electron chi connectivity index (χ4n) is 0.588. The van der Waals surface area contributed by atoms with Crippen molar-refractivity contribution in [2.24, 2.45) is 0 Å². The van der Waals surface area contributed by atoms with Gasteiger partial charge in [0.15, 0.2) is 10.9 Å². The second kappa shape index (κ2) is 2.75. The number of aromatic nitrogens is 1. The number of halogens is 1. The van der Waals surface area contributed by atoms with Gasteiger partial charge in [0.25, 0.3) is 0 Å². The summed E-state index contributed by atoms with van der Waals surface area (Å²) in [6, 6.07) is 3.30. The number of methoxy groups -OCH3 is 1. The summed E-state index contributed by atoms with van der Waals surface area (Å²) < 4.78 is 4.85. The van der Waals surface area contributed by atoms with Crippen LogP contribution in [0.5, 0.6) is 5.75 Å². The summed E-state index contributed by atoms with van der Waals surface area (Å²) in [7, 11) is 1.53. The highest BCUT2D eigenvalue weighted by molar-refractivity contribution is 6.30. The molecular formula is C6H7ClN2O. The quantitative estimate of drug-likeness (QED) is 0.628. The molecule has 0 aliphatic rings. The number of hydrogen-bond donors (Lipinski definition) is 1. The Kier molecular flexibility index (Phi) is 1.97. The molecule has 1 aromatic rings. The maximum absolute atomic E-state index is 5.61. The van der Waals surface area contributed by atoms with Crippen LogP contribution in [0.2, 0.25) is 5.15 Å². The standard InChI is InChI=1S/C6H7ClN2O/c1-10-4-2-3-5(8)9-6(4)7/h2-3H,1H3,(H2,8,9). The van der Waals surface area contributed by atoms with Crippen molar-refractivity contribution in [2.45, 2.75) is 0 Å². The van der Waals surface area contributed by atoms with E-state index >= 15 is 0 Å². The molecule has 0 radical (unpaired) electrons. The van der Waals surface area contributed by atoms with E-state index in [1.54, 1.807) is 12.1 Å². The first-order valence-corrected chi connectivity index (χ1v) is 3.08. The molecule has 10 heavy (non-hydrogen) atoms. The van der Waals surface area contributed by atoms with Crippen LogP contribution in [0.3, 0.4) is 0 Å². The third-order valence-electron chi connectivity index (χ3n) is 1.06. The Morgan fingerprint density at radius 3 is 2.80 bits per heavy atom. The van der Waals surface area contributed by atoms with Gasteiger partial charge in [-0.15, -0.1) is 0 Å². The summed E-state index contributed by atoms with van der Waals surface area (Å²) in [6.45, 7) is 0. The monoisotopic (exact) mass is 158 g/mol. The van der Waals surface area contributed by atoms with E-state index < -0.39 is 0 Å². The summed E-state index contributed by atoms with van der Waals surface area (Å²) >= 11 is 5.61. The van der Waals surface area contributed by atoms with Gasteiger partial charge in [0.1, 0.15) is 5.82 Å². The Morgan fingerprint density at radius 1 is 1.60 bits per heavy atom. The number of ether oxygens (including phenoxy) is 1. The molecule has 0 atom stereocenters. The summed E-state index contributed by atoms with van der Waals surface area (Å²) in [5, 5.41) is 0.294. The first kappa shape index (κ1) is 7.15. The van der Waals surface area contributed by atoms with Crippen molar-refractivity contribution in [1.29, 1.82) is 0 Å². The van der Waals surface area contributed by atoms with E-state index in [0.717, 1.165) is 0 Å². The molecule has 0 unspecified atom stereocenters. The molecule has 4 heteroatoms. The van der Waals surface area contributed by atoms with E-state index in [1.165, 1.54) is 7.11 Å². The summed E-state index contributed by atoms with van der Waals surface area (Å²) in [4.78, 5) is 3.76. The summed E-state index contributed by atoms with van der Waals surface area (Å²) in [6.07, 6.45) is 0. The topological polar surface area (TPSA) is 48.1 Å². The SMILES string of the molecule is COc1ccc(N)nc1Cl. The largest absolute Gasteiger partial charge is 0.494 e. The molecule has 0 aromatic carbocycles. The van der Waals surface area contributed by atoms with Crippen LogP contribution in [-0.4, -0.2) is 12.1 Å². The number of rotatable bonds is 1. The number of pyridine rings is 1. The third kappa shape index (κ3) is 1.30. The molecule has 0 fully saturated rings. The van der Waals surface area contributed by atoms with E-state index in [1.807, 2.05) is 0 Å². The van der Waals surface area contributed by atoms with Crippen LogP contribution in [0.4, 0.5) is 5.82 Å². The minimum atomic E-state index is 0.294. The first-order valence-electron chi connectivity index (χ1n) is 2.70. The van der Waals surface area contributed by atoms with Gasteiger partial charge in [0, 0.05) is 0 Å². The fourth-order valence-corrected chi connectivity index (χ4v) is 0.826. The van der Waals surface area contributed by atoms with Crippen LogP contribution < -0.4 is 10.5 Å². The lowest BCUT2D eigenvalue weighted by Crippen LogP contribution is -1.92. The Morgan fingerprint density at radius 2 is 2.30 bits per heavy atom. The molecule has 2 N–H and O–H groups in total. The van der Waals surface area contributed by atoms with Crippen LogP contribution in [-0.2, 0) is 0 Å². The summed E-state index contributed by atoms with van der Waals surface area (Å²) in [5.41, 5.74) is 5.33. The van der Waals surface area contributed by atoms with Crippen molar-refractivity contribution in [3.8, 4) is 5.75 Å². The van der Waals surface area contributed by atoms with Gasteiger partial charge in [-0.05, 0) is 12.1 Å². The van der Waals surface area contributed by atoms with Gasteiger partial charge in [-0.2, -0.15) is 0 Å². The average molecular weight is 159 g/mol. The molecule has 3 nitrogen and oxygen atoms in total. The lowest BCUT2D eigenvalue weighted by Gasteiger charge is -2.00. The molecule has 1 rings (SSSR count). The van der Waals surface area contributed by atoms with Crippen molar-refractivity contribution in [1.82, 2.24) is 4.98 Å². The number of nitrogen functional groups attached to an aromatic ring is 1. The van der Waals surface area contributed by atoms with E-state index in [4.69, 9.17) is 22.1 Å². The highest BCUT2D eigenvalue weighted by Crippen LogP contribution is 2.21. The molecule has 0 amide bonds. The van der Waals surface area contributed by atoms with Gasteiger partial charge in [0.2, 0.25) is 0 Å². The second-order valence-corrected chi connectivity index (χ2v) is 2.09. The zero-order valence-corrected chi connectivity index (χ0v) is 6.22. The van der Waals surface area contributed by atoms with Gasteiger partial charge in [-0.3, -0.25) is 0 Å². The molecule has 0 bridgehead atoms. The lowest BCUT2D eigenvalue weighted by molar-refractivity contribution is 0.413. The first-order chi connectivity index (χ1) is 4.74. The van der Waals surface area contributed by atoms with Crippen LogP contribution in [0.15, 0.2) is 12.1 Å². The van der Waals surface area contributed by atoms with Gasteiger partial charge < -0.3 is 10.5 Å². The Bertz CT molecular complexity index is 239. The van der Waals surface area contributed by atoms with Gasteiger partial charge in [-0.1, -0.05) is 11.6 Å². The Hall–Kier alpha value is -0.960. The van der Waals surface area contributed by atoms with E-state index in [9.17, 15) is 0 Å². The van der Waals surface area contributed by atoms with Crippen molar-refractivity contribution in [3.63, 3.8) is 0 Å². The zero-order chi connectivity index (χ0) is 7.56. The molecule has 0 spiro atoms. The smallest absolute Gasteiger partial charge is 0.173 e. The molecule has 0 saturated heterocycles. The molecule has 0 saturated carbocycles. The maximum Gasteiger partial charge on any atom is 0.173 e. The van der Waals surface area contributed by atoms with Crippen molar-refractivity contribution >= 4 is 17.4 Å². The van der Waals surface area contributed by atoms with E-state index in [-0.39, 0.29) is 0 Å². The van der Waals surface area contributed by atoms with Crippen molar-refractivity contribution in [2.75, 3.05) is 12.8 Å². The number of nitrogens with two attached hydrogens (primary N) is 1. The molecular weight excluding hydrogens is 152 g/mol. The summed E-state index contributed by atoms with van der Waals surface area (Å²) in [5.74, 6) is 0.932. The predicted octanol–water partition coefficient (Wildman–Crippen LogP) is 1.33. The third-order valence-corrected chi connectivity index (χ3v) is 1.33. The highest BCUT2D eigenvalue weighted by Gasteiger charge is 1.99.